The molecule has 110 valence electrons. The molecule has 1 heterocycles. The molecule has 2 rings (SSSR count). The highest BCUT2D eigenvalue weighted by atomic mass is 32.1. The summed E-state index contributed by atoms with van der Waals surface area (Å²) in [6.45, 7) is 5.61. The third-order valence-electron chi connectivity index (χ3n) is 3.15. The number of hydrogen-bond acceptors (Lipinski definition) is 3. The molecule has 21 heavy (non-hydrogen) atoms. The van der Waals surface area contributed by atoms with E-state index in [2.05, 4.69) is 5.32 Å². The summed E-state index contributed by atoms with van der Waals surface area (Å²) in [5.41, 5.74) is 0.721. The second-order valence-electron chi connectivity index (χ2n) is 5.45. The molecule has 0 bridgehead atoms. The fourth-order valence-corrected chi connectivity index (χ4v) is 2.90. The molecule has 0 fully saturated rings. The Bertz CT molecular complexity index is 675. The predicted molar refractivity (Wildman–Crippen MR) is 82.9 cm³/mol. The third kappa shape index (κ3) is 3.49. The van der Waals surface area contributed by atoms with Gasteiger partial charge in [0.15, 0.2) is 0 Å². The van der Waals surface area contributed by atoms with Crippen molar-refractivity contribution in [1.29, 1.82) is 0 Å². The van der Waals surface area contributed by atoms with E-state index in [-0.39, 0.29) is 11.5 Å². The van der Waals surface area contributed by atoms with Crippen LogP contribution in [0.3, 0.4) is 0 Å². The predicted octanol–water partition coefficient (Wildman–Crippen LogP) is 3.42. The Morgan fingerprint density at radius 1 is 1.19 bits per heavy atom. The summed E-state index contributed by atoms with van der Waals surface area (Å²) >= 11 is 1.57. The molecule has 0 spiro atoms. The second kappa shape index (κ2) is 5.69. The fourth-order valence-electron chi connectivity index (χ4n) is 2.09. The molecular weight excluding hydrogens is 286 g/mol. The van der Waals surface area contributed by atoms with E-state index >= 15 is 0 Å². The van der Waals surface area contributed by atoms with Gasteiger partial charge in [-0.1, -0.05) is 6.07 Å². The molecule has 5 heteroatoms. The van der Waals surface area contributed by atoms with E-state index in [1.807, 2.05) is 31.4 Å². The van der Waals surface area contributed by atoms with Gasteiger partial charge in [0.2, 0.25) is 0 Å². The number of carbonyl (C=O) groups is 2. The van der Waals surface area contributed by atoms with E-state index in [0.29, 0.717) is 5.56 Å². The van der Waals surface area contributed by atoms with Crippen molar-refractivity contribution in [3.63, 3.8) is 0 Å². The smallest absolute Gasteiger partial charge is 0.335 e. The lowest BCUT2D eigenvalue weighted by molar-refractivity contribution is 0.0696. The molecular formula is C16H17NO3S. The molecule has 0 radical (unpaired) electrons. The first-order valence-electron chi connectivity index (χ1n) is 6.51. The molecule has 0 atom stereocenters. The minimum atomic E-state index is -1.04. The quantitative estimate of drug-likeness (QED) is 0.909. The number of benzene rings is 1. The summed E-state index contributed by atoms with van der Waals surface area (Å²) in [4.78, 5) is 24.5. The monoisotopic (exact) mass is 303 g/mol. The van der Waals surface area contributed by atoms with Crippen molar-refractivity contribution >= 4 is 23.2 Å². The van der Waals surface area contributed by atoms with Gasteiger partial charge in [-0.15, -0.1) is 11.3 Å². The number of carboxylic acids is 1. The number of amides is 1. The number of thiophene rings is 1. The topological polar surface area (TPSA) is 66.4 Å². The number of carbonyl (C=O) groups excluding carboxylic acids is 1. The molecule has 1 aromatic carbocycles. The normalized spacial score (nSPS) is 11.2. The Morgan fingerprint density at radius 3 is 2.43 bits per heavy atom. The highest BCUT2D eigenvalue weighted by Gasteiger charge is 2.24. The molecule has 0 aliphatic heterocycles. The van der Waals surface area contributed by atoms with Crippen molar-refractivity contribution in [3.8, 4) is 0 Å². The first kappa shape index (κ1) is 15.3. The van der Waals surface area contributed by atoms with Crippen LogP contribution in [0.2, 0.25) is 0 Å². The van der Waals surface area contributed by atoms with Gasteiger partial charge in [0.1, 0.15) is 0 Å². The minimum Gasteiger partial charge on any atom is -0.478 e. The summed E-state index contributed by atoms with van der Waals surface area (Å²) in [5.74, 6) is -1.31. The second-order valence-corrected chi connectivity index (χ2v) is 6.40. The minimum absolute atomic E-state index is 0.120. The number of rotatable bonds is 4. The number of carboxylic acid groups (broad SMARTS) is 1. The van der Waals surface area contributed by atoms with Gasteiger partial charge in [0, 0.05) is 10.4 Å². The Hall–Kier alpha value is -2.14. The van der Waals surface area contributed by atoms with E-state index in [1.165, 1.54) is 6.07 Å². The molecule has 0 aliphatic carbocycles. The highest BCUT2D eigenvalue weighted by molar-refractivity contribution is 7.10. The molecule has 0 unspecified atom stereocenters. The average molecular weight is 303 g/mol. The van der Waals surface area contributed by atoms with Gasteiger partial charge >= 0.3 is 5.97 Å². The van der Waals surface area contributed by atoms with E-state index in [9.17, 15) is 9.59 Å². The van der Waals surface area contributed by atoms with Crippen LogP contribution in [-0.4, -0.2) is 17.0 Å². The zero-order chi connectivity index (χ0) is 15.6. The number of nitrogens with one attached hydrogen (secondary N) is 1. The van der Waals surface area contributed by atoms with Crippen molar-refractivity contribution in [1.82, 2.24) is 5.32 Å². The van der Waals surface area contributed by atoms with Crippen molar-refractivity contribution in [2.24, 2.45) is 0 Å². The van der Waals surface area contributed by atoms with Gasteiger partial charge in [0.25, 0.3) is 5.91 Å². The van der Waals surface area contributed by atoms with E-state index < -0.39 is 11.5 Å². The lowest BCUT2D eigenvalue weighted by Crippen LogP contribution is -2.40. The van der Waals surface area contributed by atoms with Crippen LogP contribution in [-0.2, 0) is 5.54 Å². The molecule has 0 saturated heterocycles. The van der Waals surface area contributed by atoms with Crippen LogP contribution in [0.15, 0.2) is 35.7 Å². The average Bonchev–Trinajstić information content (AvgIpc) is 2.92. The maximum Gasteiger partial charge on any atom is 0.335 e. The van der Waals surface area contributed by atoms with Crippen molar-refractivity contribution in [2.75, 3.05) is 0 Å². The lowest BCUT2D eigenvalue weighted by Gasteiger charge is -2.25. The van der Waals surface area contributed by atoms with E-state index in [4.69, 9.17) is 5.11 Å². The van der Waals surface area contributed by atoms with Crippen LogP contribution in [0, 0.1) is 6.92 Å². The van der Waals surface area contributed by atoms with E-state index in [0.717, 1.165) is 10.4 Å². The van der Waals surface area contributed by atoms with Crippen molar-refractivity contribution in [3.05, 3.63) is 57.3 Å². The van der Waals surface area contributed by atoms with Crippen LogP contribution < -0.4 is 5.32 Å². The summed E-state index contributed by atoms with van der Waals surface area (Å²) in [5, 5.41) is 14.0. The zero-order valence-electron chi connectivity index (χ0n) is 12.1. The van der Waals surface area contributed by atoms with Gasteiger partial charge in [-0.25, -0.2) is 4.79 Å². The van der Waals surface area contributed by atoms with Gasteiger partial charge < -0.3 is 10.4 Å². The van der Waals surface area contributed by atoms with Crippen LogP contribution in [0.4, 0.5) is 0 Å². The molecule has 2 aromatic rings. The number of aromatic carboxylic acids is 1. The summed E-state index contributed by atoms with van der Waals surface area (Å²) in [6, 6.07) is 8.53. The van der Waals surface area contributed by atoms with Gasteiger partial charge in [-0.2, -0.15) is 0 Å². The van der Waals surface area contributed by atoms with Gasteiger partial charge in [-0.05, 0) is 56.0 Å². The summed E-state index contributed by atoms with van der Waals surface area (Å²) < 4.78 is 0. The fraction of sp³-hybridized carbons (Fsp3) is 0.250. The zero-order valence-corrected chi connectivity index (χ0v) is 13.0. The van der Waals surface area contributed by atoms with Gasteiger partial charge in [0.05, 0.1) is 11.1 Å². The molecule has 0 saturated carbocycles. The standard InChI is InChI=1S/C16H17NO3S/c1-10-7-11(9-12(8-10)15(19)20)14(18)17-16(2,3)13-5-4-6-21-13/h4-9H,1-3H3,(H,17,18)(H,19,20). The number of aryl methyl sites for hydroxylation is 1. The van der Waals surface area contributed by atoms with Crippen LogP contribution >= 0.6 is 11.3 Å². The highest BCUT2D eigenvalue weighted by Crippen LogP contribution is 2.25. The maximum atomic E-state index is 12.4. The first-order chi connectivity index (χ1) is 9.79. The molecule has 0 aliphatic rings. The lowest BCUT2D eigenvalue weighted by atomic mass is 10.0. The van der Waals surface area contributed by atoms with Crippen molar-refractivity contribution in [2.45, 2.75) is 26.3 Å². The van der Waals surface area contributed by atoms with E-state index in [1.54, 1.807) is 30.4 Å². The molecule has 1 amide bonds. The van der Waals surface area contributed by atoms with Crippen LogP contribution in [0.5, 0.6) is 0 Å². The Morgan fingerprint density at radius 2 is 1.86 bits per heavy atom. The Labute approximate surface area is 127 Å². The Balaban J connectivity index is 2.27. The van der Waals surface area contributed by atoms with Gasteiger partial charge in [-0.3, -0.25) is 4.79 Å². The molecule has 4 nitrogen and oxygen atoms in total. The number of hydrogen-bond donors (Lipinski definition) is 2. The Kier molecular flexibility index (Phi) is 4.14. The first-order valence-corrected chi connectivity index (χ1v) is 7.39. The molecule has 2 N–H and O–H groups in total. The largest absolute Gasteiger partial charge is 0.478 e. The molecule has 1 aromatic heterocycles. The van der Waals surface area contributed by atoms with Crippen LogP contribution in [0.1, 0.15) is 45.0 Å². The van der Waals surface area contributed by atoms with Crippen molar-refractivity contribution < 1.29 is 14.7 Å². The summed E-state index contributed by atoms with van der Waals surface area (Å²) in [7, 11) is 0. The van der Waals surface area contributed by atoms with Crippen LogP contribution in [0.25, 0.3) is 0 Å². The SMILES string of the molecule is Cc1cc(C(=O)O)cc(C(=O)NC(C)(C)c2cccs2)c1. The maximum absolute atomic E-state index is 12.4. The third-order valence-corrected chi connectivity index (χ3v) is 4.34. The summed E-state index contributed by atoms with van der Waals surface area (Å²) in [6.07, 6.45) is 0.